The molecule has 12 heteroatoms. The van der Waals surface area contributed by atoms with Crippen LogP contribution in [-0.4, -0.2) is 71.1 Å². The Morgan fingerprint density at radius 3 is 1.39 bits per heavy atom. The van der Waals surface area contributed by atoms with Crippen molar-refractivity contribution in [1.82, 2.24) is 16.0 Å². The Morgan fingerprint density at radius 1 is 0.561 bits per heavy atom. The molecule has 0 aromatic heterocycles. The van der Waals surface area contributed by atoms with E-state index in [1.165, 1.54) is 0 Å². The maximum Gasteiger partial charge on any atom is 0.407 e. The number of ether oxygens (including phenoxy) is 4. The van der Waals surface area contributed by atoms with Gasteiger partial charge in [0, 0.05) is 13.0 Å². The van der Waals surface area contributed by atoms with Crippen LogP contribution < -0.4 is 16.0 Å². The summed E-state index contributed by atoms with van der Waals surface area (Å²) in [4.78, 5) is 62.7. The number of esters is 3. The molecular weight excluding hydrogens is 534 g/mol. The molecule has 0 saturated heterocycles. The quantitative estimate of drug-likeness (QED) is 0.169. The highest BCUT2D eigenvalue weighted by atomic mass is 16.6. The standard InChI is InChI=1S/C29H53N3O9/c1-26(2,3)38-21(33)17-16-20(23(35)40-28(7,8)9)32-24(36)31-19(22(34)39-27(4,5)6)15-13-14-18-30-25(37)41-29(10,11)12/h19-20H,13-18H2,1-12H3,(H,30,37)(H2,31,32,36). The van der Waals surface area contributed by atoms with Gasteiger partial charge in [-0.3, -0.25) is 4.79 Å². The number of carbonyl (C=O) groups excluding carboxylic acids is 5. The van der Waals surface area contributed by atoms with Crippen LogP contribution >= 0.6 is 0 Å². The third kappa shape index (κ3) is 21.4. The Hall–Kier alpha value is -3.05. The average Bonchev–Trinajstić information content (AvgIpc) is 2.70. The number of hydrogen-bond donors (Lipinski definition) is 3. The Morgan fingerprint density at radius 2 is 0.976 bits per heavy atom. The lowest BCUT2D eigenvalue weighted by Crippen LogP contribution is -2.53. The summed E-state index contributed by atoms with van der Waals surface area (Å²) >= 11 is 0. The first-order valence-electron chi connectivity index (χ1n) is 14.1. The molecule has 0 saturated carbocycles. The normalized spacial score (nSPS) is 13.8. The summed E-state index contributed by atoms with van der Waals surface area (Å²) in [7, 11) is 0. The van der Waals surface area contributed by atoms with Crippen LogP contribution in [0.4, 0.5) is 9.59 Å². The van der Waals surface area contributed by atoms with Gasteiger partial charge in [0.25, 0.3) is 0 Å². The van der Waals surface area contributed by atoms with Crippen molar-refractivity contribution in [2.75, 3.05) is 6.54 Å². The summed E-state index contributed by atoms with van der Waals surface area (Å²) in [5.74, 6) is -1.89. The van der Waals surface area contributed by atoms with E-state index < -0.39 is 64.5 Å². The maximum absolute atomic E-state index is 13.0. The smallest absolute Gasteiger partial charge is 0.407 e. The number of carbonyl (C=O) groups is 5. The highest BCUT2D eigenvalue weighted by molar-refractivity contribution is 5.87. The second kappa shape index (κ2) is 15.8. The fourth-order valence-electron chi connectivity index (χ4n) is 3.23. The molecule has 0 aromatic carbocycles. The maximum atomic E-state index is 13.0. The molecule has 3 N–H and O–H groups in total. The third-order valence-corrected chi connectivity index (χ3v) is 4.64. The summed E-state index contributed by atoms with van der Waals surface area (Å²) in [6.45, 7) is 21.0. The van der Waals surface area contributed by atoms with E-state index in [9.17, 15) is 24.0 Å². The van der Waals surface area contributed by atoms with Crippen molar-refractivity contribution >= 4 is 30.0 Å². The Kier molecular flexibility index (Phi) is 14.6. The van der Waals surface area contributed by atoms with E-state index in [1.54, 1.807) is 83.1 Å². The molecule has 2 atom stereocenters. The molecule has 0 spiro atoms. The van der Waals surface area contributed by atoms with E-state index >= 15 is 0 Å². The van der Waals surface area contributed by atoms with Gasteiger partial charge in [0.15, 0.2) is 0 Å². The molecule has 41 heavy (non-hydrogen) atoms. The second-order valence-electron chi connectivity index (χ2n) is 13.8. The number of nitrogens with one attached hydrogen (secondary N) is 3. The molecule has 0 aliphatic carbocycles. The largest absolute Gasteiger partial charge is 0.460 e. The SMILES string of the molecule is CC(C)(C)OC(=O)CCC(NC(=O)NC(CCCCNC(=O)OC(C)(C)C)C(=O)OC(C)(C)C)C(=O)OC(C)(C)C. The molecule has 3 amide bonds. The van der Waals surface area contributed by atoms with E-state index in [1.807, 2.05) is 0 Å². The van der Waals surface area contributed by atoms with E-state index in [4.69, 9.17) is 18.9 Å². The van der Waals surface area contributed by atoms with Gasteiger partial charge in [-0.25, -0.2) is 19.2 Å². The molecule has 0 heterocycles. The van der Waals surface area contributed by atoms with Crippen molar-refractivity contribution in [3.63, 3.8) is 0 Å². The van der Waals surface area contributed by atoms with Gasteiger partial charge >= 0.3 is 30.0 Å². The molecule has 0 rings (SSSR count). The molecule has 238 valence electrons. The van der Waals surface area contributed by atoms with Crippen LogP contribution in [0.15, 0.2) is 0 Å². The zero-order valence-corrected chi connectivity index (χ0v) is 27.1. The number of amides is 3. The number of urea groups is 1. The number of rotatable bonds is 12. The van der Waals surface area contributed by atoms with Crippen molar-refractivity contribution in [1.29, 1.82) is 0 Å². The van der Waals surface area contributed by atoms with Crippen LogP contribution in [0, 0.1) is 0 Å². The molecule has 2 unspecified atom stereocenters. The summed E-state index contributed by atoms with van der Waals surface area (Å²) in [6, 6.07) is -2.99. The van der Waals surface area contributed by atoms with Gasteiger partial charge in [-0.1, -0.05) is 0 Å². The third-order valence-electron chi connectivity index (χ3n) is 4.64. The number of hydrogen-bond acceptors (Lipinski definition) is 9. The zero-order valence-electron chi connectivity index (χ0n) is 27.1. The van der Waals surface area contributed by atoms with Gasteiger partial charge in [0.05, 0.1) is 0 Å². The van der Waals surface area contributed by atoms with Gasteiger partial charge in [0.2, 0.25) is 0 Å². The fraction of sp³-hybridized carbons (Fsp3) is 0.828. The summed E-state index contributed by atoms with van der Waals surface area (Å²) < 4.78 is 21.4. The van der Waals surface area contributed by atoms with Crippen LogP contribution in [0.5, 0.6) is 0 Å². The summed E-state index contributed by atoms with van der Waals surface area (Å²) in [5.41, 5.74) is -2.94. The number of unbranched alkanes of at least 4 members (excludes halogenated alkanes) is 1. The predicted molar refractivity (Wildman–Crippen MR) is 154 cm³/mol. The van der Waals surface area contributed by atoms with Crippen LogP contribution in [0.3, 0.4) is 0 Å². The average molecular weight is 588 g/mol. The van der Waals surface area contributed by atoms with Crippen molar-refractivity contribution in [3.8, 4) is 0 Å². The minimum Gasteiger partial charge on any atom is -0.460 e. The molecule has 0 aliphatic heterocycles. The highest BCUT2D eigenvalue weighted by Crippen LogP contribution is 2.15. The van der Waals surface area contributed by atoms with Gasteiger partial charge in [0.1, 0.15) is 34.5 Å². The van der Waals surface area contributed by atoms with Crippen molar-refractivity contribution < 1.29 is 42.9 Å². The van der Waals surface area contributed by atoms with Crippen molar-refractivity contribution in [2.24, 2.45) is 0 Å². The summed E-state index contributed by atoms with van der Waals surface area (Å²) in [5, 5.41) is 7.76. The van der Waals surface area contributed by atoms with Gasteiger partial charge in [-0.2, -0.15) is 0 Å². The van der Waals surface area contributed by atoms with Gasteiger partial charge in [-0.05, 0) is 109 Å². The first-order valence-corrected chi connectivity index (χ1v) is 14.1. The molecule has 0 fully saturated rings. The van der Waals surface area contributed by atoms with E-state index in [-0.39, 0.29) is 19.3 Å². The van der Waals surface area contributed by atoms with Crippen LogP contribution in [-0.2, 0) is 33.3 Å². The molecular formula is C29H53N3O9. The Balaban J connectivity index is 5.38. The molecule has 0 bridgehead atoms. The van der Waals surface area contributed by atoms with E-state index in [2.05, 4.69) is 16.0 Å². The Bertz CT molecular complexity index is 891. The highest BCUT2D eigenvalue weighted by Gasteiger charge is 2.31. The van der Waals surface area contributed by atoms with Crippen LogP contribution in [0.2, 0.25) is 0 Å². The zero-order chi connectivity index (χ0) is 32.2. The fourth-order valence-corrected chi connectivity index (χ4v) is 3.23. The molecule has 0 aromatic rings. The van der Waals surface area contributed by atoms with Gasteiger partial charge in [-0.15, -0.1) is 0 Å². The monoisotopic (exact) mass is 587 g/mol. The minimum absolute atomic E-state index is 0.0648. The van der Waals surface area contributed by atoms with E-state index in [0.717, 1.165) is 0 Å². The van der Waals surface area contributed by atoms with E-state index in [0.29, 0.717) is 19.4 Å². The first-order chi connectivity index (χ1) is 18.4. The van der Waals surface area contributed by atoms with Crippen molar-refractivity contribution in [2.45, 2.75) is 150 Å². The van der Waals surface area contributed by atoms with Crippen molar-refractivity contribution in [3.05, 3.63) is 0 Å². The first kappa shape index (κ1) is 38.0. The Labute approximate surface area is 245 Å². The number of alkyl carbamates (subject to hydrolysis) is 1. The molecule has 0 aliphatic rings. The lowest BCUT2D eigenvalue weighted by molar-refractivity contribution is -0.159. The second-order valence-corrected chi connectivity index (χ2v) is 13.8. The summed E-state index contributed by atoms with van der Waals surface area (Å²) in [6.07, 6.45) is 0.449. The molecule has 12 nitrogen and oxygen atoms in total. The topological polar surface area (TPSA) is 158 Å². The van der Waals surface area contributed by atoms with Crippen LogP contribution in [0.25, 0.3) is 0 Å². The predicted octanol–water partition coefficient (Wildman–Crippen LogP) is 4.52. The molecule has 0 radical (unpaired) electrons. The lowest BCUT2D eigenvalue weighted by Gasteiger charge is -2.27. The van der Waals surface area contributed by atoms with Crippen LogP contribution in [0.1, 0.15) is 115 Å². The van der Waals surface area contributed by atoms with Gasteiger partial charge < -0.3 is 34.9 Å². The lowest BCUT2D eigenvalue weighted by atomic mass is 10.1. The minimum atomic E-state index is -1.17.